The van der Waals surface area contributed by atoms with Gasteiger partial charge in [0.25, 0.3) is 0 Å². The Balaban J connectivity index is 2.10. The van der Waals surface area contributed by atoms with Crippen LogP contribution in [0.5, 0.6) is 0 Å². The molecular weight excluding hydrogens is 332 g/mol. The van der Waals surface area contributed by atoms with Gasteiger partial charge in [-0.1, -0.05) is 18.7 Å². The van der Waals surface area contributed by atoms with E-state index in [1.807, 2.05) is 11.6 Å². The first-order valence-corrected chi connectivity index (χ1v) is 8.38. The van der Waals surface area contributed by atoms with Gasteiger partial charge in [-0.05, 0) is 41.3 Å². The van der Waals surface area contributed by atoms with Crippen molar-refractivity contribution >= 4 is 39.2 Å². The number of aromatic nitrogens is 4. The van der Waals surface area contributed by atoms with E-state index >= 15 is 0 Å². The summed E-state index contributed by atoms with van der Waals surface area (Å²) in [7, 11) is 0. The van der Waals surface area contributed by atoms with E-state index in [0.717, 1.165) is 39.0 Å². The van der Waals surface area contributed by atoms with Crippen molar-refractivity contribution in [1.82, 2.24) is 19.1 Å². The third kappa shape index (κ3) is 2.95. The van der Waals surface area contributed by atoms with Gasteiger partial charge in [0.2, 0.25) is 0 Å². The van der Waals surface area contributed by atoms with Crippen LogP contribution in [0.3, 0.4) is 0 Å². The number of hydrogen-bond acceptors (Lipinski definition) is 5. The maximum absolute atomic E-state index is 4.49. The molecule has 0 atom stereocenters. The molecule has 2 rings (SSSR count). The first-order valence-electron chi connectivity index (χ1n) is 5.82. The molecule has 0 radical (unpaired) electrons. The largest absolute Gasteiger partial charge is 0.268 e. The van der Waals surface area contributed by atoms with Crippen molar-refractivity contribution in [2.24, 2.45) is 0 Å². The van der Waals surface area contributed by atoms with Crippen LogP contribution in [-0.2, 0) is 18.7 Å². The molecular formula is C11H15BrN4S2. The van der Waals surface area contributed by atoms with Crippen molar-refractivity contribution in [3.05, 3.63) is 21.7 Å². The molecule has 7 heteroatoms. The summed E-state index contributed by atoms with van der Waals surface area (Å²) in [4.78, 5) is 4.46. The molecule has 0 aliphatic heterocycles. The first-order chi connectivity index (χ1) is 8.65. The molecule has 0 aromatic carbocycles. The molecule has 2 aromatic rings. The highest BCUT2D eigenvalue weighted by Gasteiger charge is 2.13. The maximum Gasteiger partial charge on any atom is 0.170 e. The van der Waals surface area contributed by atoms with Crippen molar-refractivity contribution in [2.75, 3.05) is 0 Å². The van der Waals surface area contributed by atoms with E-state index in [-0.39, 0.29) is 0 Å². The van der Waals surface area contributed by atoms with Crippen LogP contribution in [0.2, 0.25) is 0 Å². The summed E-state index contributed by atoms with van der Waals surface area (Å²) < 4.78 is 8.47. The topological polar surface area (TPSA) is 43.6 Å². The Morgan fingerprint density at radius 1 is 1.39 bits per heavy atom. The van der Waals surface area contributed by atoms with Crippen molar-refractivity contribution in [3.8, 4) is 0 Å². The molecule has 0 bridgehead atoms. The van der Waals surface area contributed by atoms with Crippen LogP contribution in [0.1, 0.15) is 31.1 Å². The molecule has 0 N–H and O–H groups in total. The van der Waals surface area contributed by atoms with Gasteiger partial charge in [-0.15, -0.1) is 0 Å². The molecule has 4 nitrogen and oxygen atoms in total. The van der Waals surface area contributed by atoms with Gasteiger partial charge in [-0.25, -0.2) is 4.98 Å². The van der Waals surface area contributed by atoms with E-state index in [1.54, 1.807) is 11.8 Å². The molecule has 2 heterocycles. The summed E-state index contributed by atoms with van der Waals surface area (Å²) in [5.74, 6) is 1.80. The Morgan fingerprint density at radius 2 is 2.17 bits per heavy atom. The monoisotopic (exact) mass is 346 g/mol. The minimum Gasteiger partial charge on any atom is -0.268 e. The van der Waals surface area contributed by atoms with Gasteiger partial charge in [0, 0.05) is 18.7 Å². The van der Waals surface area contributed by atoms with Crippen LogP contribution in [0.4, 0.5) is 0 Å². The number of nitrogens with zero attached hydrogens (tertiary/aromatic N) is 4. The molecule has 0 saturated heterocycles. The third-order valence-electron chi connectivity index (χ3n) is 2.55. The second kappa shape index (κ2) is 6.16. The van der Waals surface area contributed by atoms with Crippen LogP contribution < -0.4 is 0 Å². The predicted molar refractivity (Wildman–Crippen MR) is 79.2 cm³/mol. The average molecular weight is 347 g/mol. The van der Waals surface area contributed by atoms with Crippen LogP contribution in [0.25, 0.3) is 0 Å². The zero-order valence-corrected chi connectivity index (χ0v) is 13.8. The Hall–Kier alpha value is -0.400. The summed E-state index contributed by atoms with van der Waals surface area (Å²) in [6.07, 6.45) is 0.896. The number of halogens is 1. The predicted octanol–water partition coefficient (Wildman–Crippen LogP) is 3.68. The molecule has 98 valence electrons. The number of aryl methyl sites for hydroxylation is 3. The van der Waals surface area contributed by atoms with E-state index in [4.69, 9.17) is 0 Å². The van der Waals surface area contributed by atoms with E-state index in [9.17, 15) is 0 Å². The Labute approximate surface area is 123 Å². The standard InChI is InChI=1S/C11H15BrN4S2/c1-4-9-13-11(18-15-9)17-6-8-10(12)7(3)14-16(8)5-2/h4-6H2,1-3H3. The summed E-state index contributed by atoms with van der Waals surface area (Å²) >= 11 is 6.80. The fraction of sp³-hybridized carbons (Fsp3) is 0.545. The minimum absolute atomic E-state index is 0.869. The van der Waals surface area contributed by atoms with Gasteiger partial charge in [0.15, 0.2) is 4.34 Å². The fourth-order valence-corrected chi connectivity index (χ4v) is 3.91. The fourth-order valence-electron chi connectivity index (χ4n) is 1.58. The zero-order chi connectivity index (χ0) is 13.1. The number of thioether (sulfide) groups is 1. The van der Waals surface area contributed by atoms with Crippen molar-refractivity contribution in [2.45, 2.75) is 43.8 Å². The summed E-state index contributed by atoms with van der Waals surface area (Å²) in [5, 5.41) is 4.49. The summed E-state index contributed by atoms with van der Waals surface area (Å²) in [5.41, 5.74) is 2.26. The Kier molecular flexibility index (Phi) is 4.80. The highest BCUT2D eigenvalue weighted by Crippen LogP contribution is 2.29. The SMILES string of the molecule is CCc1nsc(SCc2c(Br)c(C)nn2CC)n1. The second-order valence-electron chi connectivity index (χ2n) is 3.78. The smallest absolute Gasteiger partial charge is 0.170 e. The van der Waals surface area contributed by atoms with Gasteiger partial charge >= 0.3 is 0 Å². The third-order valence-corrected chi connectivity index (χ3v) is 5.47. The van der Waals surface area contributed by atoms with E-state index in [1.165, 1.54) is 17.2 Å². The van der Waals surface area contributed by atoms with Gasteiger partial charge in [-0.2, -0.15) is 9.47 Å². The molecule has 0 fully saturated rings. The molecule has 0 amide bonds. The van der Waals surface area contributed by atoms with Crippen molar-refractivity contribution in [3.63, 3.8) is 0 Å². The van der Waals surface area contributed by atoms with Crippen LogP contribution >= 0.6 is 39.2 Å². The van der Waals surface area contributed by atoms with Gasteiger partial charge in [0.1, 0.15) is 5.82 Å². The number of rotatable bonds is 5. The van der Waals surface area contributed by atoms with E-state index in [0.29, 0.717) is 0 Å². The number of hydrogen-bond donors (Lipinski definition) is 0. The molecule has 0 aliphatic carbocycles. The van der Waals surface area contributed by atoms with Gasteiger partial charge in [-0.3, -0.25) is 4.68 Å². The highest BCUT2D eigenvalue weighted by atomic mass is 79.9. The Bertz CT molecular complexity index is 535. The van der Waals surface area contributed by atoms with Crippen LogP contribution in [0, 0.1) is 6.92 Å². The van der Waals surface area contributed by atoms with Gasteiger partial charge in [0.05, 0.1) is 15.9 Å². The second-order valence-corrected chi connectivity index (χ2v) is 6.55. The molecule has 2 aromatic heterocycles. The summed E-state index contributed by atoms with van der Waals surface area (Å²) in [6.45, 7) is 7.08. The minimum atomic E-state index is 0.869. The lowest BCUT2D eigenvalue weighted by atomic mass is 10.4. The highest BCUT2D eigenvalue weighted by molar-refractivity contribution is 9.10. The molecule has 0 spiro atoms. The normalized spacial score (nSPS) is 11.1. The molecule has 0 unspecified atom stereocenters. The van der Waals surface area contributed by atoms with Crippen molar-refractivity contribution in [1.29, 1.82) is 0 Å². The quantitative estimate of drug-likeness (QED) is 0.774. The van der Waals surface area contributed by atoms with E-state index in [2.05, 4.69) is 44.2 Å². The van der Waals surface area contributed by atoms with Gasteiger partial charge < -0.3 is 0 Å². The van der Waals surface area contributed by atoms with Crippen LogP contribution in [-0.4, -0.2) is 19.1 Å². The first kappa shape index (κ1) is 14.0. The lowest BCUT2D eigenvalue weighted by molar-refractivity contribution is 0.631. The van der Waals surface area contributed by atoms with Crippen LogP contribution in [0.15, 0.2) is 8.81 Å². The Morgan fingerprint density at radius 3 is 2.78 bits per heavy atom. The average Bonchev–Trinajstić information content (AvgIpc) is 2.94. The molecule has 0 aliphatic rings. The van der Waals surface area contributed by atoms with E-state index < -0.39 is 0 Å². The molecule has 0 saturated carbocycles. The zero-order valence-electron chi connectivity index (χ0n) is 10.6. The maximum atomic E-state index is 4.49. The lowest BCUT2D eigenvalue weighted by Gasteiger charge is -2.03. The summed E-state index contributed by atoms with van der Waals surface area (Å²) in [6, 6.07) is 0. The molecule has 18 heavy (non-hydrogen) atoms. The lowest BCUT2D eigenvalue weighted by Crippen LogP contribution is -2.01. The van der Waals surface area contributed by atoms with Crippen molar-refractivity contribution < 1.29 is 0 Å².